The zero-order chi connectivity index (χ0) is 15.1. The molecule has 1 fully saturated rings. The largest absolute Gasteiger partial charge is 0.480 e. The molecule has 0 heterocycles. The van der Waals surface area contributed by atoms with E-state index in [4.69, 9.17) is 5.11 Å². The molecule has 2 atom stereocenters. The molecule has 1 saturated carbocycles. The Morgan fingerprint density at radius 1 is 1.30 bits per heavy atom. The maximum absolute atomic E-state index is 12.3. The number of hydrogen-bond donors (Lipinski definition) is 2. The van der Waals surface area contributed by atoms with E-state index in [0.29, 0.717) is 12.3 Å². The molecule has 6 heteroatoms. The van der Waals surface area contributed by atoms with Crippen LogP contribution in [0.25, 0.3) is 0 Å². The van der Waals surface area contributed by atoms with Crippen LogP contribution in [0.1, 0.15) is 51.9 Å². The van der Waals surface area contributed by atoms with Crippen LogP contribution in [0.2, 0.25) is 0 Å². The highest BCUT2D eigenvalue weighted by molar-refractivity contribution is 5.84. The molecule has 20 heavy (non-hydrogen) atoms. The Morgan fingerprint density at radius 3 is 2.35 bits per heavy atom. The molecule has 4 nitrogen and oxygen atoms in total. The van der Waals surface area contributed by atoms with Gasteiger partial charge < -0.3 is 10.4 Å². The van der Waals surface area contributed by atoms with Crippen molar-refractivity contribution in [3.8, 4) is 0 Å². The van der Waals surface area contributed by atoms with Crippen molar-refractivity contribution in [2.75, 3.05) is 0 Å². The number of halogens is 2. The Morgan fingerprint density at radius 2 is 1.90 bits per heavy atom. The van der Waals surface area contributed by atoms with Crippen molar-refractivity contribution in [2.45, 2.75) is 64.3 Å². The Bertz CT molecular complexity index is 330. The van der Waals surface area contributed by atoms with Crippen LogP contribution in [0, 0.1) is 11.8 Å². The molecule has 0 bridgehead atoms. The van der Waals surface area contributed by atoms with Gasteiger partial charge in [0.05, 0.1) is 0 Å². The summed E-state index contributed by atoms with van der Waals surface area (Å²) in [7, 11) is 0. The maximum Gasteiger partial charge on any atom is 0.326 e. The summed E-state index contributed by atoms with van der Waals surface area (Å²) < 4.78 is 24.6. The van der Waals surface area contributed by atoms with E-state index in [0.717, 1.165) is 19.3 Å². The zero-order valence-corrected chi connectivity index (χ0v) is 11.8. The lowest BCUT2D eigenvalue weighted by Crippen LogP contribution is -2.44. The molecule has 2 unspecified atom stereocenters. The number of hydrogen-bond acceptors (Lipinski definition) is 2. The monoisotopic (exact) mass is 291 g/mol. The highest BCUT2D eigenvalue weighted by Gasteiger charge is 2.29. The van der Waals surface area contributed by atoms with Crippen molar-refractivity contribution < 1.29 is 23.5 Å². The summed E-state index contributed by atoms with van der Waals surface area (Å²) in [5.74, 6) is -1.59. The summed E-state index contributed by atoms with van der Waals surface area (Å²) in [5, 5.41) is 11.1. The van der Waals surface area contributed by atoms with Crippen LogP contribution in [0.3, 0.4) is 0 Å². The molecule has 0 aromatic heterocycles. The van der Waals surface area contributed by atoms with E-state index in [9.17, 15) is 18.4 Å². The van der Waals surface area contributed by atoms with Gasteiger partial charge in [-0.15, -0.1) is 0 Å². The molecule has 0 spiro atoms. The first-order chi connectivity index (χ1) is 9.43. The first-order valence-corrected chi connectivity index (χ1v) is 7.25. The number of alkyl halides is 2. The van der Waals surface area contributed by atoms with Crippen molar-refractivity contribution in [3.63, 3.8) is 0 Å². The van der Waals surface area contributed by atoms with Crippen molar-refractivity contribution in [2.24, 2.45) is 11.8 Å². The van der Waals surface area contributed by atoms with Crippen LogP contribution in [-0.2, 0) is 9.59 Å². The average Bonchev–Trinajstić information content (AvgIpc) is 2.87. The lowest BCUT2D eigenvalue weighted by atomic mass is 9.90. The van der Waals surface area contributed by atoms with Crippen LogP contribution in [-0.4, -0.2) is 29.5 Å². The summed E-state index contributed by atoms with van der Waals surface area (Å²) >= 11 is 0. The second-order valence-corrected chi connectivity index (χ2v) is 5.52. The Kier molecular flexibility index (Phi) is 6.88. The molecule has 0 saturated heterocycles. The Balaban J connectivity index is 2.53. The standard InChI is InChI=1S/C14H23F2NO3/c1-2-10(7-9-5-3-4-6-9)13(18)17-11(14(19)20)8-12(15)16/h9-12H,2-8H2,1H3,(H,17,18)(H,19,20). The molecular formula is C14H23F2NO3. The predicted molar refractivity (Wildman–Crippen MR) is 70.5 cm³/mol. The number of carboxylic acids is 1. The zero-order valence-electron chi connectivity index (χ0n) is 11.8. The molecule has 1 amide bonds. The van der Waals surface area contributed by atoms with Gasteiger partial charge in [0.1, 0.15) is 6.04 Å². The summed E-state index contributed by atoms with van der Waals surface area (Å²) in [5.41, 5.74) is 0. The molecule has 1 aliphatic carbocycles. The van der Waals surface area contributed by atoms with E-state index in [1.165, 1.54) is 12.8 Å². The summed E-state index contributed by atoms with van der Waals surface area (Å²) in [6, 6.07) is -1.50. The SMILES string of the molecule is CCC(CC1CCCC1)C(=O)NC(CC(F)F)C(=O)O. The number of carbonyl (C=O) groups is 2. The minimum absolute atomic E-state index is 0.280. The van der Waals surface area contributed by atoms with E-state index in [1.54, 1.807) is 0 Å². The average molecular weight is 291 g/mol. The maximum atomic E-state index is 12.3. The van der Waals surface area contributed by atoms with Gasteiger partial charge in [0.15, 0.2) is 0 Å². The highest BCUT2D eigenvalue weighted by atomic mass is 19.3. The highest BCUT2D eigenvalue weighted by Crippen LogP contribution is 2.31. The number of rotatable bonds is 8. The van der Waals surface area contributed by atoms with Gasteiger partial charge in [-0.3, -0.25) is 4.79 Å². The fraction of sp³-hybridized carbons (Fsp3) is 0.857. The lowest BCUT2D eigenvalue weighted by molar-refractivity contribution is -0.143. The smallest absolute Gasteiger partial charge is 0.326 e. The van der Waals surface area contributed by atoms with Gasteiger partial charge in [-0.1, -0.05) is 32.6 Å². The van der Waals surface area contributed by atoms with Gasteiger partial charge in [-0.05, 0) is 18.8 Å². The van der Waals surface area contributed by atoms with E-state index >= 15 is 0 Å². The number of carboxylic acid groups (broad SMARTS) is 1. The quantitative estimate of drug-likeness (QED) is 0.722. The second kappa shape index (κ2) is 8.17. The predicted octanol–water partition coefficient (Wildman–Crippen LogP) is 2.82. The summed E-state index contributed by atoms with van der Waals surface area (Å²) in [6.07, 6.45) is 2.28. The van der Waals surface area contributed by atoms with Crippen LogP contribution >= 0.6 is 0 Å². The molecule has 0 aromatic carbocycles. The van der Waals surface area contributed by atoms with E-state index in [-0.39, 0.29) is 5.92 Å². The molecule has 0 aromatic rings. The first kappa shape index (κ1) is 16.9. The third-order valence-corrected chi connectivity index (χ3v) is 3.98. The van der Waals surface area contributed by atoms with Gasteiger partial charge in [0.25, 0.3) is 0 Å². The molecular weight excluding hydrogens is 268 g/mol. The third-order valence-electron chi connectivity index (χ3n) is 3.98. The number of nitrogens with one attached hydrogen (secondary N) is 1. The van der Waals surface area contributed by atoms with Gasteiger partial charge in [0.2, 0.25) is 12.3 Å². The topological polar surface area (TPSA) is 66.4 Å². The summed E-state index contributed by atoms with van der Waals surface area (Å²) in [6.45, 7) is 1.86. The van der Waals surface area contributed by atoms with Crippen LogP contribution in [0.5, 0.6) is 0 Å². The Labute approximate surface area is 117 Å². The Hall–Kier alpha value is -1.20. The normalized spacial score (nSPS) is 19.0. The van der Waals surface area contributed by atoms with Crippen LogP contribution in [0.4, 0.5) is 8.78 Å². The molecule has 1 rings (SSSR count). The molecule has 2 N–H and O–H groups in total. The minimum atomic E-state index is -2.74. The van der Waals surface area contributed by atoms with E-state index in [1.807, 2.05) is 6.92 Å². The van der Waals surface area contributed by atoms with Crippen molar-refractivity contribution in [3.05, 3.63) is 0 Å². The minimum Gasteiger partial charge on any atom is -0.480 e. The number of amides is 1. The van der Waals surface area contributed by atoms with Crippen LogP contribution < -0.4 is 5.32 Å². The van der Waals surface area contributed by atoms with Gasteiger partial charge in [0, 0.05) is 12.3 Å². The van der Waals surface area contributed by atoms with Crippen LogP contribution in [0.15, 0.2) is 0 Å². The fourth-order valence-corrected chi connectivity index (χ4v) is 2.80. The second-order valence-electron chi connectivity index (χ2n) is 5.52. The molecule has 0 radical (unpaired) electrons. The lowest BCUT2D eigenvalue weighted by Gasteiger charge is -2.21. The van der Waals surface area contributed by atoms with Crippen molar-refractivity contribution >= 4 is 11.9 Å². The van der Waals surface area contributed by atoms with E-state index in [2.05, 4.69) is 5.32 Å². The molecule has 116 valence electrons. The van der Waals surface area contributed by atoms with Gasteiger partial charge in [-0.25, -0.2) is 13.6 Å². The van der Waals surface area contributed by atoms with Crippen molar-refractivity contribution in [1.82, 2.24) is 5.32 Å². The van der Waals surface area contributed by atoms with E-state index < -0.39 is 30.8 Å². The summed E-state index contributed by atoms with van der Waals surface area (Å²) in [4.78, 5) is 22.9. The molecule has 1 aliphatic rings. The number of aliphatic carboxylic acids is 1. The fourth-order valence-electron chi connectivity index (χ4n) is 2.80. The van der Waals surface area contributed by atoms with Gasteiger partial charge >= 0.3 is 5.97 Å². The van der Waals surface area contributed by atoms with Gasteiger partial charge in [-0.2, -0.15) is 0 Å². The third kappa shape index (κ3) is 5.43. The first-order valence-electron chi connectivity index (χ1n) is 7.25. The van der Waals surface area contributed by atoms with Crippen molar-refractivity contribution in [1.29, 1.82) is 0 Å². The number of carbonyl (C=O) groups excluding carboxylic acids is 1. The molecule has 0 aliphatic heterocycles.